The van der Waals surface area contributed by atoms with E-state index in [4.69, 9.17) is 0 Å². The lowest BCUT2D eigenvalue weighted by atomic mass is 10.0. The number of alkyl halides is 3. The van der Waals surface area contributed by atoms with Crippen LogP contribution in [0.15, 0.2) is 12.7 Å². The molecule has 96 valence electrons. The van der Waals surface area contributed by atoms with Gasteiger partial charge in [-0.2, -0.15) is 13.2 Å². The highest BCUT2D eigenvalue weighted by molar-refractivity contribution is 4.69. The SMILES string of the molecule is C=CCCCCCC(CCC(F)(F)F)NC. The minimum atomic E-state index is -4.03. The number of rotatable bonds is 9. The molecule has 0 aliphatic rings. The van der Waals surface area contributed by atoms with Crippen LogP contribution in [0.3, 0.4) is 0 Å². The lowest BCUT2D eigenvalue weighted by molar-refractivity contribution is -0.136. The zero-order valence-electron chi connectivity index (χ0n) is 9.95. The monoisotopic (exact) mass is 237 g/mol. The molecule has 0 amide bonds. The van der Waals surface area contributed by atoms with Gasteiger partial charge in [0.15, 0.2) is 0 Å². The van der Waals surface area contributed by atoms with Gasteiger partial charge in [0.05, 0.1) is 0 Å². The van der Waals surface area contributed by atoms with Crippen LogP contribution in [0, 0.1) is 0 Å². The molecule has 0 fully saturated rings. The first-order valence-corrected chi connectivity index (χ1v) is 5.84. The van der Waals surface area contributed by atoms with Crippen molar-refractivity contribution in [3.05, 3.63) is 12.7 Å². The molecule has 0 radical (unpaired) electrons. The van der Waals surface area contributed by atoms with Gasteiger partial charge < -0.3 is 5.32 Å². The summed E-state index contributed by atoms with van der Waals surface area (Å²) < 4.78 is 36.0. The minimum absolute atomic E-state index is 0.00893. The van der Waals surface area contributed by atoms with E-state index in [1.807, 2.05) is 6.08 Å². The quantitative estimate of drug-likeness (QED) is 0.471. The number of nitrogens with one attached hydrogen (secondary N) is 1. The van der Waals surface area contributed by atoms with Crippen LogP contribution in [-0.2, 0) is 0 Å². The maximum Gasteiger partial charge on any atom is 0.389 e. The van der Waals surface area contributed by atoms with Crippen molar-refractivity contribution in [1.29, 1.82) is 0 Å². The number of hydrogen-bond acceptors (Lipinski definition) is 1. The Morgan fingerprint density at radius 2 is 1.88 bits per heavy atom. The second kappa shape index (κ2) is 8.62. The van der Waals surface area contributed by atoms with Crippen molar-refractivity contribution >= 4 is 0 Å². The average Bonchev–Trinajstić information content (AvgIpc) is 2.21. The third-order valence-electron chi connectivity index (χ3n) is 2.65. The van der Waals surface area contributed by atoms with Gasteiger partial charge in [-0.15, -0.1) is 6.58 Å². The summed E-state index contributed by atoms with van der Waals surface area (Å²) >= 11 is 0. The Morgan fingerprint density at radius 3 is 2.38 bits per heavy atom. The topological polar surface area (TPSA) is 12.0 Å². The maximum absolute atomic E-state index is 12.0. The Labute approximate surface area is 96.1 Å². The van der Waals surface area contributed by atoms with Gasteiger partial charge in [0.1, 0.15) is 0 Å². The fourth-order valence-corrected chi connectivity index (χ4v) is 1.63. The van der Waals surface area contributed by atoms with Gasteiger partial charge in [-0.05, 0) is 32.7 Å². The van der Waals surface area contributed by atoms with Crippen LogP contribution in [0.1, 0.15) is 44.9 Å². The van der Waals surface area contributed by atoms with Gasteiger partial charge in [0, 0.05) is 12.5 Å². The second-order valence-electron chi connectivity index (χ2n) is 4.07. The van der Waals surface area contributed by atoms with E-state index < -0.39 is 12.6 Å². The highest BCUT2D eigenvalue weighted by Gasteiger charge is 2.27. The van der Waals surface area contributed by atoms with Gasteiger partial charge in [-0.25, -0.2) is 0 Å². The van der Waals surface area contributed by atoms with Crippen LogP contribution in [0.5, 0.6) is 0 Å². The van der Waals surface area contributed by atoms with E-state index >= 15 is 0 Å². The first-order chi connectivity index (χ1) is 7.49. The predicted octanol–water partition coefficient (Wildman–Crippen LogP) is 4.05. The molecule has 0 bridgehead atoms. The summed E-state index contributed by atoms with van der Waals surface area (Å²) in [5, 5.41) is 2.95. The van der Waals surface area contributed by atoms with Crippen LogP contribution < -0.4 is 5.32 Å². The zero-order valence-corrected chi connectivity index (χ0v) is 9.95. The Hall–Kier alpha value is -0.510. The van der Waals surface area contributed by atoms with Crippen LogP contribution >= 0.6 is 0 Å². The van der Waals surface area contributed by atoms with Crippen molar-refractivity contribution in [1.82, 2.24) is 5.32 Å². The molecule has 0 saturated heterocycles. The number of allylic oxidation sites excluding steroid dienone is 1. The maximum atomic E-state index is 12.0. The molecule has 1 atom stereocenters. The molecule has 4 heteroatoms. The average molecular weight is 237 g/mol. The van der Waals surface area contributed by atoms with Crippen molar-refractivity contribution in [2.75, 3.05) is 7.05 Å². The fourth-order valence-electron chi connectivity index (χ4n) is 1.63. The molecule has 16 heavy (non-hydrogen) atoms. The lowest BCUT2D eigenvalue weighted by Gasteiger charge is -2.16. The van der Waals surface area contributed by atoms with E-state index in [0.29, 0.717) is 0 Å². The third-order valence-corrected chi connectivity index (χ3v) is 2.65. The van der Waals surface area contributed by atoms with Crippen molar-refractivity contribution < 1.29 is 13.2 Å². The highest BCUT2D eigenvalue weighted by Crippen LogP contribution is 2.23. The van der Waals surface area contributed by atoms with Gasteiger partial charge >= 0.3 is 6.18 Å². The standard InChI is InChI=1S/C12H22F3N/c1-3-4-5-6-7-8-11(16-2)9-10-12(13,14)15/h3,11,16H,1,4-10H2,2H3. The number of unbranched alkanes of at least 4 members (excludes halogenated alkanes) is 3. The molecule has 0 aromatic carbocycles. The molecule has 0 aliphatic carbocycles. The van der Waals surface area contributed by atoms with E-state index in [2.05, 4.69) is 11.9 Å². The Balaban J connectivity index is 3.55. The van der Waals surface area contributed by atoms with Crippen LogP contribution in [0.2, 0.25) is 0 Å². The largest absolute Gasteiger partial charge is 0.389 e. The molecule has 1 N–H and O–H groups in total. The normalized spacial score (nSPS) is 13.8. The Kier molecular flexibility index (Phi) is 8.35. The van der Waals surface area contributed by atoms with Crippen molar-refractivity contribution in [3.8, 4) is 0 Å². The smallest absolute Gasteiger partial charge is 0.317 e. The van der Waals surface area contributed by atoms with Gasteiger partial charge in [0.25, 0.3) is 0 Å². The van der Waals surface area contributed by atoms with Gasteiger partial charge in [-0.1, -0.05) is 18.9 Å². The predicted molar refractivity (Wildman–Crippen MR) is 61.4 cm³/mol. The molecule has 0 rings (SSSR count). The van der Waals surface area contributed by atoms with Crippen LogP contribution in [0.25, 0.3) is 0 Å². The summed E-state index contributed by atoms with van der Waals surface area (Å²) in [6, 6.07) is -0.00893. The van der Waals surface area contributed by atoms with E-state index in [1.165, 1.54) is 0 Å². The molecule has 1 nitrogen and oxygen atoms in total. The van der Waals surface area contributed by atoms with Gasteiger partial charge in [-0.3, -0.25) is 0 Å². The Morgan fingerprint density at radius 1 is 1.19 bits per heavy atom. The molecular formula is C12H22F3N. The second-order valence-corrected chi connectivity index (χ2v) is 4.07. The van der Waals surface area contributed by atoms with E-state index in [0.717, 1.165) is 32.1 Å². The zero-order chi connectivity index (χ0) is 12.4. The summed E-state index contributed by atoms with van der Waals surface area (Å²) in [6.45, 7) is 3.63. The fraction of sp³-hybridized carbons (Fsp3) is 0.833. The van der Waals surface area contributed by atoms with Crippen molar-refractivity contribution in [2.45, 2.75) is 57.2 Å². The summed E-state index contributed by atoms with van der Waals surface area (Å²) in [4.78, 5) is 0. The summed E-state index contributed by atoms with van der Waals surface area (Å²) in [7, 11) is 1.73. The van der Waals surface area contributed by atoms with E-state index in [9.17, 15) is 13.2 Å². The molecule has 0 saturated carbocycles. The highest BCUT2D eigenvalue weighted by atomic mass is 19.4. The number of halogens is 3. The Bertz CT molecular complexity index is 178. The molecule has 0 aromatic rings. The van der Waals surface area contributed by atoms with Crippen molar-refractivity contribution in [3.63, 3.8) is 0 Å². The molecule has 1 unspecified atom stereocenters. The van der Waals surface area contributed by atoms with Gasteiger partial charge in [0.2, 0.25) is 0 Å². The van der Waals surface area contributed by atoms with Crippen molar-refractivity contribution in [2.24, 2.45) is 0 Å². The van der Waals surface area contributed by atoms with Crippen LogP contribution in [-0.4, -0.2) is 19.3 Å². The van der Waals surface area contributed by atoms with Crippen LogP contribution in [0.4, 0.5) is 13.2 Å². The number of hydrogen-bond donors (Lipinski definition) is 1. The molecule has 0 aromatic heterocycles. The molecule has 0 heterocycles. The first-order valence-electron chi connectivity index (χ1n) is 5.84. The molecule has 0 aliphatic heterocycles. The molecular weight excluding hydrogens is 215 g/mol. The summed E-state index contributed by atoms with van der Waals surface area (Å²) in [5.41, 5.74) is 0. The first kappa shape index (κ1) is 15.5. The third kappa shape index (κ3) is 10.0. The van der Waals surface area contributed by atoms with E-state index in [-0.39, 0.29) is 12.5 Å². The molecule has 0 spiro atoms. The minimum Gasteiger partial charge on any atom is -0.317 e. The summed E-state index contributed by atoms with van der Waals surface area (Å²) in [6.07, 6.45) is 2.28. The van der Waals surface area contributed by atoms with E-state index in [1.54, 1.807) is 7.05 Å². The lowest BCUT2D eigenvalue weighted by Crippen LogP contribution is -2.27. The summed E-state index contributed by atoms with van der Waals surface area (Å²) in [5.74, 6) is 0.